The van der Waals surface area contributed by atoms with Gasteiger partial charge in [-0.25, -0.2) is 4.39 Å². The third-order valence-corrected chi connectivity index (χ3v) is 3.78. The number of furan rings is 1. The molecular weight excluding hydrogens is 289 g/mol. The Balaban J connectivity index is 1.78. The number of carbonyl (C=O) groups excluding carboxylic acids is 1. The fraction of sp³-hybridized carbons (Fsp3) is 0.250. The lowest BCUT2D eigenvalue weighted by atomic mass is 10.1. The number of benzene rings is 1. The number of hydrogen-bond donors (Lipinski definition) is 1. The number of aliphatic carboxylic acids is 1. The molecule has 0 spiro atoms. The normalized spacial score (nSPS) is 17.7. The SMILES string of the molecule is O=C(O)[C@H]1CCN(C(=O)c2ccc(-c3ccccc3F)o2)C1. The molecule has 3 rings (SSSR count). The van der Waals surface area contributed by atoms with Crippen LogP contribution in [-0.4, -0.2) is 35.0 Å². The number of carbonyl (C=O) groups is 2. The van der Waals surface area contributed by atoms with Gasteiger partial charge in [0.05, 0.1) is 11.5 Å². The van der Waals surface area contributed by atoms with Crippen LogP contribution in [0, 0.1) is 11.7 Å². The number of hydrogen-bond acceptors (Lipinski definition) is 3. The highest BCUT2D eigenvalue weighted by Crippen LogP contribution is 2.26. The van der Waals surface area contributed by atoms with Crippen molar-refractivity contribution in [1.82, 2.24) is 4.90 Å². The summed E-state index contributed by atoms with van der Waals surface area (Å²) in [6.45, 7) is 0.551. The molecule has 0 bridgehead atoms. The second kappa shape index (κ2) is 5.63. The zero-order chi connectivity index (χ0) is 15.7. The van der Waals surface area contributed by atoms with Crippen molar-refractivity contribution < 1.29 is 23.5 Å². The van der Waals surface area contributed by atoms with Gasteiger partial charge >= 0.3 is 5.97 Å². The number of carboxylic acids is 1. The molecule has 1 aliphatic heterocycles. The fourth-order valence-corrected chi connectivity index (χ4v) is 2.56. The molecule has 0 aliphatic carbocycles. The van der Waals surface area contributed by atoms with E-state index in [0.29, 0.717) is 13.0 Å². The van der Waals surface area contributed by atoms with Gasteiger partial charge in [0.1, 0.15) is 11.6 Å². The van der Waals surface area contributed by atoms with E-state index in [1.54, 1.807) is 18.2 Å². The van der Waals surface area contributed by atoms with Gasteiger partial charge in [0.15, 0.2) is 5.76 Å². The van der Waals surface area contributed by atoms with Crippen molar-refractivity contribution in [2.45, 2.75) is 6.42 Å². The van der Waals surface area contributed by atoms with E-state index in [-0.39, 0.29) is 29.5 Å². The van der Waals surface area contributed by atoms with Crippen LogP contribution < -0.4 is 0 Å². The smallest absolute Gasteiger partial charge is 0.308 e. The van der Waals surface area contributed by atoms with Crippen molar-refractivity contribution in [3.63, 3.8) is 0 Å². The molecule has 2 heterocycles. The number of amides is 1. The molecule has 2 aromatic rings. The molecular formula is C16H14FNO4. The van der Waals surface area contributed by atoms with Gasteiger partial charge < -0.3 is 14.4 Å². The van der Waals surface area contributed by atoms with Gasteiger partial charge in [-0.15, -0.1) is 0 Å². The molecule has 1 atom stereocenters. The van der Waals surface area contributed by atoms with Crippen LogP contribution in [0.4, 0.5) is 4.39 Å². The maximum atomic E-state index is 13.7. The second-order valence-electron chi connectivity index (χ2n) is 5.22. The Morgan fingerprint density at radius 1 is 1.23 bits per heavy atom. The Kier molecular flexibility index (Phi) is 3.66. The molecule has 114 valence electrons. The third-order valence-electron chi connectivity index (χ3n) is 3.78. The van der Waals surface area contributed by atoms with Gasteiger partial charge in [-0.05, 0) is 30.7 Å². The summed E-state index contributed by atoms with van der Waals surface area (Å²) in [7, 11) is 0. The summed E-state index contributed by atoms with van der Waals surface area (Å²) >= 11 is 0. The molecule has 0 saturated carbocycles. The van der Waals surface area contributed by atoms with E-state index in [0.717, 1.165) is 0 Å². The summed E-state index contributed by atoms with van der Waals surface area (Å²) in [6.07, 6.45) is 0.432. The number of nitrogens with zero attached hydrogens (tertiary/aromatic N) is 1. The molecule has 1 fully saturated rings. The largest absolute Gasteiger partial charge is 0.481 e. The Morgan fingerprint density at radius 2 is 2.00 bits per heavy atom. The maximum Gasteiger partial charge on any atom is 0.308 e. The predicted molar refractivity (Wildman–Crippen MR) is 75.7 cm³/mol. The van der Waals surface area contributed by atoms with Gasteiger partial charge in [0, 0.05) is 13.1 Å². The van der Waals surface area contributed by atoms with Gasteiger partial charge in [0.2, 0.25) is 0 Å². The van der Waals surface area contributed by atoms with E-state index >= 15 is 0 Å². The average Bonchev–Trinajstić information content (AvgIpc) is 3.17. The molecule has 1 aromatic carbocycles. The molecule has 1 amide bonds. The number of carboxylic acid groups (broad SMARTS) is 1. The lowest BCUT2D eigenvalue weighted by molar-refractivity contribution is -0.141. The summed E-state index contributed by atoms with van der Waals surface area (Å²) in [5.41, 5.74) is 0.284. The van der Waals surface area contributed by atoms with Crippen LogP contribution in [0.5, 0.6) is 0 Å². The van der Waals surface area contributed by atoms with Crippen molar-refractivity contribution in [1.29, 1.82) is 0 Å². The fourth-order valence-electron chi connectivity index (χ4n) is 2.56. The molecule has 1 N–H and O–H groups in total. The molecule has 1 aromatic heterocycles. The van der Waals surface area contributed by atoms with Crippen molar-refractivity contribution in [2.24, 2.45) is 5.92 Å². The minimum Gasteiger partial charge on any atom is -0.481 e. The summed E-state index contributed by atoms with van der Waals surface area (Å²) in [6, 6.07) is 9.16. The van der Waals surface area contributed by atoms with Crippen LogP contribution in [0.2, 0.25) is 0 Å². The van der Waals surface area contributed by atoms with Crippen molar-refractivity contribution in [2.75, 3.05) is 13.1 Å². The molecule has 0 unspecified atom stereocenters. The molecule has 1 aliphatic rings. The number of halogens is 1. The first kappa shape index (κ1) is 14.3. The maximum absolute atomic E-state index is 13.7. The van der Waals surface area contributed by atoms with Gasteiger partial charge in [-0.2, -0.15) is 0 Å². The van der Waals surface area contributed by atoms with E-state index in [9.17, 15) is 14.0 Å². The Morgan fingerprint density at radius 3 is 2.68 bits per heavy atom. The minimum absolute atomic E-state index is 0.0873. The number of rotatable bonds is 3. The third kappa shape index (κ3) is 2.59. The first-order chi connectivity index (χ1) is 10.6. The monoisotopic (exact) mass is 303 g/mol. The highest BCUT2D eigenvalue weighted by molar-refractivity contribution is 5.92. The summed E-state index contributed by atoms with van der Waals surface area (Å²) in [4.78, 5) is 24.7. The second-order valence-corrected chi connectivity index (χ2v) is 5.22. The molecule has 6 heteroatoms. The Hall–Kier alpha value is -2.63. The lowest BCUT2D eigenvalue weighted by Gasteiger charge is -2.13. The molecule has 0 radical (unpaired) electrons. The van der Waals surface area contributed by atoms with Crippen LogP contribution in [0.1, 0.15) is 17.0 Å². The van der Waals surface area contributed by atoms with E-state index in [1.165, 1.54) is 23.1 Å². The molecule has 1 saturated heterocycles. The zero-order valence-corrected chi connectivity index (χ0v) is 11.7. The summed E-state index contributed by atoms with van der Waals surface area (Å²) < 4.78 is 19.1. The van der Waals surface area contributed by atoms with Gasteiger partial charge in [0.25, 0.3) is 5.91 Å². The Bertz CT molecular complexity index is 724. The number of likely N-dealkylation sites (tertiary alicyclic amines) is 1. The van der Waals surface area contributed by atoms with E-state index in [1.807, 2.05) is 0 Å². The van der Waals surface area contributed by atoms with E-state index < -0.39 is 17.7 Å². The van der Waals surface area contributed by atoms with E-state index in [4.69, 9.17) is 9.52 Å². The van der Waals surface area contributed by atoms with Gasteiger partial charge in [-0.3, -0.25) is 9.59 Å². The summed E-state index contributed by atoms with van der Waals surface area (Å²) in [5.74, 6) is -1.87. The van der Waals surface area contributed by atoms with E-state index in [2.05, 4.69) is 0 Å². The minimum atomic E-state index is -0.901. The predicted octanol–water partition coefficient (Wildman–Crippen LogP) is 2.63. The summed E-state index contributed by atoms with van der Waals surface area (Å²) in [5, 5.41) is 8.96. The van der Waals surface area contributed by atoms with Crippen LogP contribution in [0.3, 0.4) is 0 Å². The Labute approximate surface area is 126 Å². The highest BCUT2D eigenvalue weighted by Gasteiger charge is 2.32. The van der Waals surface area contributed by atoms with Crippen LogP contribution >= 0.6 is 0 Å². The quantitative estimate of drug-likeness (QED) is 0.946. The molecule has 5 nitrogen and oxygen atoms in total. The van der Waals surface area contributed by atoms with Crippen molar-refractivity contribution in [3.05, 3.63) is 48.0 Å². The van der Waals surface area contributed by atoms with Gasteiger partial charge in [-0.1, -0.05) is 12.1 Å². The first-order valence-corrected chi connectivity index (χ1v) is 6.93. The lowest BCUT2D eigenvalue weighted by Crippen LogP contribution is -2.29. The van der Waals surface area contributed by atoms with Crippen molar-refractivity contribution >= 4 is 11.9 Å². The first-order valence-electron chi connectivity index (χ1n) is 6.93. The standard InChI is InChI=1S/C16H14FNO4/c17-12-4-2-1-3-11(12)13-5-6-14(22-13)15(19)18-8-7-10(9-18)16(20)21/h1-6,10H,7-9H2,(H,20,21)/t10-/m0/s1. The van der Waals surface area contributed by atoms with Crippen LogP contribution in [0.15, 0.2) is 40.8 Å². The highest BCUT2D eigenvalue weighted by atomic mass is 19.1. The van der Waals surface area contributed by atoms with Crippen molar-refractivity contribution in [3.8, 4) is 11.3 Å². The average molecular weight is 303 g/mol. The zero-order valence-electron chi connectivity index (χ0n) is 11.7. The molecule has 22 heavy (non-hydrogen) atoms. The van der Waals surface area contributed by atoms with Crippen LogP contribution in [0.25, 0.3) is 11.3 Å². The van der Waals surface area contributed by atoms with Crippen LogP contribution in [-0.2, 0) is 4.79 Å². The topological polar surface area (TPSA) is 70.8 Å².